The number of anilines is 1. The lowest BCUT2D eigenvalue weighted by Gasteiger charge is -2.23. The number of aromatic nitrogens is 2. The average molecular weight is 266 g/mol. The molecular weight excluding hydrogens is 252 g/mol. The normalized spacial score (nSPS) is 17.1. The first-order valence-electron chi connectivity index (χ1n) is 5.97. The van der Waals surface area contributed by atoms with E-state index in [1.807, 2.05) is 0 Å². The molecule has 1 fully saturated rings. The van der Waals surface area contributed by atoms with Crippen LogP contribution in [0.1, 0.15) is 25.7 Å². The number of carboxylic acids is 1. The minimum absolute atomic E-state index is 0.195. The predicted molar refractivity (Wildman–Crippen MR) is 65.7 cm³/mol. The van der Waals surface area contributed by atoms with E-state index < -0.39 is 16.3 Å². The van der Waals surface area contributed by atoms with E-state index >= 15 is 0 Å². The fraction of sp³-hybridized carbons (Fsp3) is 0.545. The van der Waals surface area contributed by atoms with E-state index in [2.05, 4.69) is 15.3 Å². The van der Waals surface area contributed by atoms with Crippen LogP contribution in [0, 0.1) is 15.5 Å². The summed E-state index contributed by atoms with van der Waals surface area (Å²) in [6, 6.07) is 0. The molecule has 0 bridgehead atoms. The van der Waals surface area contributed by atoms with Crippen molar-refractivity contribution in [1.82, 2.24) is 9.97 Å². The number of hydrogen-bond donors (Lipinski definition) is 2. The zero-order valence-corrected chi connectivity index (χ0v) is 10.2. The van der Waals surface area contributed by atoms with Crippen molar-refractivity contribution >= 4 is 17.6 Å². The molecule has 2 N–H and O–H groups in total. The molecule has 0 spiro atoms. The van der Waals surface area contributed by atoms with Crippen LogP contribution in [-0.2, 0) is 4.79 Å². The summed E-state index contributed by atoms with van der Waals surface area (Å²) in [4.78, 5) is 28.8. The van der Waals surface area contributed by atoms with Crippen LogP contribution in [0.25, 0.3) is 0 Å². The van der Waals surface area contributed by atoms with E-state index in [0.29, 0.717) is 12.8 Å². The molecule has 1 aliphatic rings. The van der Waals surface area contributed by atoms with E-state index in [0.717, 1.165) is 25.2 Å². The van der Waals surface area contributed by atoms with Crippen LogP contribution in [0.15, 0.2) is 12.4 Å². The van der Waals surface area contributed by atoms with Crippen LogP contribution < -0.4 is 5.32 Å². The average Bonchev–Trinajstić information content (AvgIpc) is 2.87. The highest BCUT2D eigenvalue weighted by atomic mass is 16.6. The first-order valence-corrected chi connectivity index (χ1v) is 5.97. The lowest BCUT2D eigenvalue weighted by atomic mass is 9.86. The summed E-state index contributed by atoms with van der Waals surface area (Å²) in [5.41, 5.74) is -0.968. The molecule has 0 radical (unpaired) electrons. The topological polar surface area (TPSA) is 118 Å². The Kier molecular flexibility index (Phi) is 3.59. The second-order valence-electron chi connectivity index (χ2n) is 4.67. The first-order chi connectivity index (χ1) is 9.03. The molecule has 0 aliphatic heterocycles. The SMILES string of the molecule is O=C(O)C1(CNc2ncc([N+](=O)[O-])cn2)CCCC1. The molecule has 2 rings (SSSR count). The van der Waals surface area contributed by atoms with Crippen molar-refractivity contribution in [1.29, 1.82) is 0 Å². The molecule has 0 amide bonds. The van der Waals surface area contributed by atoms with Crippen LogP contribution in [0.2, 0.25) is 0 Å². The van der Waals surface area contributed by atoms with Crippen LogP contribution in [0.4, 0.5) is 11.6 Å². The highest BCUT2D eigenvalue weighted by molar-refractivity contribution is 5.75. The molecule has 1 saturated carbocycles. The molecule has 1 aromatic heterocycles. The van der Waals surface area contributed by atoms with Crippen molar-refractivity contribution in [3.63, 3.8) is 0 Å². The van der Waals surface area contributed by atoms with E-state index in [9.17, 15) is 20.0 Å². The molecule has 0 unspecified atom stereocenters. The summed E-state index contributed by atoms with van der Waals surface area (Å²) >= 11 is 0. The molecule has 0 atom stereocenters. The van der Waals surface area contributed by atoms with Gasteiger partial charge in [-0.1, -0.05) is 12.8 Å². The van der Waals surface area contributed by atoms with Gasteiger partial charge in [-0.2, -0.15) is 0 Å². The third-order valence-corrected chi connectivity index (χ3v) is 3.45. The summed E-state index contributed by atoms with van der Waals surface area (Å²) in [7, 11) is 0. The Hall–Kier alpha value is -2.25. The van der Waals surface area contributed by atoms with Gasteiger partial charge in [-0.15, -0.1) is 0 Å². The Morgan fingerprint density at radius 3 is 2.47 bits per heavy atom. The standard InChI is InChI=1S/C11H14N4O4/c16-9(17)11(3-1-2-4-11)7-14-10-12-5-8(6-13-10)15(18)19/h5-6H,1-4,7H2,(H,16,17)(H,12,13,14). The highest BCUT2D eigenvalue weighted by Crippen LogP contribution is 2.38. The van der Waals surface area contributed by atoms with E-state index in [-0.39, 0.29) is 18.2 Å². The molecule has 19 heavy (non-hydrogen) atoms. The van der Waals surface area contributed by atoms with Crippen LogP contribution in [0.5, 0.6) is 0 Å². The Morgan fingerprint density at radius 2 is 2.00 bits per heavy atom. The Labute approximate surface area is 109 Å². The molecule has 1 aliphatic carbocycles. The van der Waals surface area contributed by atoms with Crippen molar-refractivity contribution in [2.24, 2.45) is 5.41 Å². The fourth-order valence-electron chi connectivity index (χ4n) is 2.27. The Bertz CT molecular complexity index is 482. The molecule has 1 heterocycles. The van der Waals surface area contributed by atoms with Gasteiger partial charge in [0.15, 0.2) is 0 Å². The van der Waals surface area contributed by atoms with Gasteiger partial charge in [0.05, 0.1) is 10.3 Å². The number of hydrogen-bond acceptors (Lipinski definition) is 6. The van der Waals surface area contributed by atoms with Gasteiger partial charge >= 0.3 is 11.7 Å². The number of nitrogens with one attached hydrogen (secondary N) is 1. The molecule has 0 saturated heterocycles. The third kappa shape index (κ3) is 2.78. The quantitative estimate of drug-likeness (QED) is 0.611. The second kappa shape index (κ2) is 5.17. The number of aliphatic carboxylic acids is 1. The van der Waals surface area contributed by atoms with Gasteiger partial charge in [0, 0.05) is 6.54 Å². The smallest absolute Gasteiger partial charge is 0.311 e. The van der Waals surface area contributed by atoms with Crippen molar-refractivity contribution in [2.75, 3.05) is 11.9 Å². The zero-order valence-electron chi connectivity index (χ0n) is 10.2. The molecule has 1 aromatic rings. The summed E-state index contributed by atoms with van der Waals surface area (Å²) in [5.74, 6) is -0.613. The van der Waals surface area contributed by atoms with Gasteiger partial charge in [0.2, 0.25) is 5.95 Å². The Balaban J connectivity index is 2.01. The summed E-state index contributed by atoms with van der Waals surface area (Å²) in [5, 5.41) is 22.6. The number of nitro groups is 1. The lowest BCUT2D eigenvalue weighted by Crippen LogP contribution is -2.35. The van der Waals surface area contributed by atoms with E-state index in [4.69, 9.17) is 0 Å². The van der Waals surface area contributed by atoms with Crippen LogP contribution in [-0.4, -0.2) is 32.5 Å². The Morgan fingerprint density at radius 1 is 1.42 bits per heavy atom. The lowest BCUT2D eigenvalue weighted by molar-refractivity contribution is -0.385. The summed E-state index contributed by atoms with van der Waals surface area (Å²) in [6.45, 7) is 0.236. The van der Waals surface area contributed by atoms with Crippen molar-refractivity contribution in [3.8, 4) is 0 Å². The number of carbonyl (C=O) groups is 1. The zero-order chi connectivity index (χ0) is 13.9. The maximum atomic E-state index is 11.3. The van der Waals surface area contributed by atoms with Gasteiger partial charge < -0.3 is 10.4 Å². The monoisotopic (exact) mass is 266 g/mol. The number of carboxylic acid groups (broad SMARTS) is 1. The summed E-state index contributed by atoms with van der Waals surface area (Å²) < 4.78 is 0. The van der Waals surface area contributed by atoms with Gasteiger partial charge in [-0.3, -0.25) is 14.9 Å². The van der Waals surface area contributed by atoms with Crippen LogP contribution >= 0.6 is 0 Å². The van der Waals surface area contributed by atoms with E-state index in [1.54, 1.807) is 0 Å². The number of rotatable bonds is 5. The molecular formula is C11H14N4O4. The van der Waals surface area contributed by atoms with Gasteiger partial charge in [0.1, 0.15) is 12.4 Å². The minimum atomic E-state index is -0.820. The molecule has 0 aromatic carbocycles. The second-order valence-corrected chi connectivity index (χ2v) is 4.67. The highest BCUT2D eigenvalue weighted by Gasteiger charge is 2.41. The molecule has 102 valence electrons. The van der Waals surface area contributed by atoms with Crippen molar-refractivity contribution in [3.05, 3.63) is 22.5 Å². The van der Waals surface area contributed by atoms with Gasteiger partial charge in [-0.25, -0.2) is 9.97 Å². The molecule has 8 nitrogen and oxygen atoms in total. The fourth-order valence-corrected chi connectivity index (χ4v) is 2.27. The maximum Gasteiger partial charge on any atom is 0.311 e. The van der Waals surface area contributed by atoms with Crippen LogP contribution in [0.3, 0.4) is 0 Å². The largest absolute Gasteiger partial charge is 0.481 e. The minimum Gasteiger partial charge on any atom is -0.481 e. The predicted octanol–water partition coefficient (Wildman–Crippen LogP) is 1.44. The van der Waals surface area contributed by atoms with Crippen molar-refractivity contribution < 1.29 is 14.8 Å². The first kappa shape index (κ1) is 13.2. The maximum absolute atomic E-state index is 11.3. The summed E-state index contributed by atoms with van der Waals surface area (Å²) in [6.07, 6.45) is 5.24. The third-order valence-electron chi connectivity index (χ3n) is 3.45. The van der Waals surface area contributed by atoms with Gasteiger partial charge in [-0.05, 0) is 12.8 Å². The van der Waals surface area contributed by atoms with Crippen molar-refractivity contribution in [2.45, 2.75) is 25.7 Å². The molecule has 8 heteroatoms. The van der Waals surface area contributed by atoms with Gasteiger partial charge in [0.25, 0.3) is 0 Å². The van der Waals surface area contributed by atoms with E-state index in [1.165, 1.54) is 0 Å². The number of nitrogens with zero attached hydrogens (tertiary/aromatic N) is 3.